The predicted octanol–water partition coefficient (Wildman–Crippen LogP) is 5.39. The maximum absolute atomic E-state index is 4.53. The summed E-state index contributed by atoms with van der Waals surface area (Å²) in [5.74, 6) is 0. The topological polar surface area (TPSA) is 17.8 Å². The van der Waals surface area contributed by atoms with Gasteiger partial charge in [0.1, 0.15) is 0 Å². The Hall–Kier alpha value is 0.170. The average molecular weight is 380 g/mol. The monoisotopic (exact) mass is 378 g/mol. The molecule has 4 heteroatoms. The zero-order valence-corrected chi connectivity index (χ0v) is 14.7. The summed E-state index contributed by atoms with van der Waals surface area (Å²) in [6.45, 7) is 5.24. The van der Waals surface area contributed by atoms with E-state index in [0.29, 0.717) is 0 Å². The summed E-state index contributed by atoms with van der Waals surface area (Å²) in [7, 11) is 0. The Bertz CT molecular complexity index is 348. The first-order valence-corrected chi connectivity index (χ1v) is 8.83. The van der Waals surface area contributed by atoms with Gasteiger partial charge in [0.25, 0.3) is 0 Å². The van der Waals surface area contributed by atoms with Crippen LogP contribution in [-0.2, 0) is 6.54 Å². The van der Waals surface area contributed by atoms with E-state index in [1.54, 1.807) is 0 Å². The van der Waals surface area contributed by atoms with Gasteiger partial charge in [-0.3, -0.25) is 4.68 Å². The van der Waals surface area contributed by atoms with Crippen molar-refractivity contribution >= 4 is 31.9 Å². The molecule has 0 unspecified atom stereocenters. The summed E-state index contributed by atoms with van der Waals surface area (Å²) in [5, 5.41) is 5.69. The van der Waals surface area contributed by atoms with Crippen molar-refractivity contribution in [3.63, 3.8) is 0 Å². The van der Waals surface area contributed by atoms with Crippen LogP contribution in [0.1, 0.15) is 56.3 Å². The Morgan fingerprint density at radius 1 is 0.944 bits per heavy atom. The van der Waals surface area contributed by atoms with Gasteiger partial charge in [-0.05, 0) is 42.6 Å². The predicted molar refractivity (Wildman–Crippen MR) is 85.5 cm³/mol. The van der Waals surface area contributed by atoms with Crippen molar-refractivity contribution in [1.29, 1.82) is 0 Å². The van der Waals surface area contributed by atoms with Crippen LogP contribution in [-0.4, -0.2) is 15.1 Å². The van der Waals surface area contributed by atoms with Gasteiger partial charge in [0.2, 0.25) is 0 Å². The number of hydrogen-bond donors (Lipinski definition) is 0. The van der Waals surface area contributed by atoms with Gasteiger partial charge in [0.15, 0.2) is 0 Å². The fraction of sp³-hybridized carbons (Fsp3) is 0.786. The zero-order valence-electron chi connectivity index (χ0n) is 11.5. The third kappa shape index (κ3) is 5.43. The molecule has 1 aromatic rings. The molecule has 1 heterocycles. The van der Waals surface area contributed by atoms with E-state index >= 15 is 0 Å². The zero-order chi connectivity index (χ0) is 13.4. The first-order valence-electron chi connectivity index (χ1n) is 6.92. The molecule has 0 saturated heterocycles. The maximum Gasteiger partial charge on any atom is 0.0738 e. The lowest BCUT2D eigenvalue weighted by molar-refractivity contribution is 0.514. The van der Waals surface area contributed by atoms with Crippen LogP contribution in [0.4, 0.5) is 0 Å². The minimum absolute atomic E-state index is 1.06. The number of hydrogen-bond acceptors (Lipinski definition) is 1. The molecule has 0 N–H and O–H groups in total. The fourth-order valence-electron chi connectivity index (χ4n) is 2.13. The van der Waals surface area contributed by atoms with Crippen molar-refractivity contribution in [2.24, 2.45) is 0 Å². The molecule has 1 rings (SSSR count). The van der Waals surface area contributed by atoms with Gasteiger partial charge in [0, 0.05) is 17.6 Å². The Morgan fingerprint density at radius 3 is 2.00 bits per heavy atom. The lowest BCUT2D eigenvalue weighted by atomic mass is 10.1. The Labute approximate surface area is 128 Å². The summed E-state index contributed by atoms with van der Waals surface area (Å²) >= 11 is 7.04. The van der Waals surface area contributed by atoms with Gasteiger partial charge in [-0.25, -0.2) is 0 Å². The van der Waals surface area contributed by atoms with Gasteiger partial charge in [-0.15, -0.1) is 0 Å². The molecule has 1 aromatic heterocycles. The second kappa shape index (κ2) is 9.13. The summed E-state index contributed by atoms with van der Waals surface area (Å²) in [4.78, 5) is 0. The molecule has 0 atom stereocenters. The second-order valence-electron chi connectivity index (χ2n) is 4.87. The van der Waals surface area contributed by atoms with E-state index in [1.165, 1.54) is 50.6 Å². The SMILES string of the molecule is Cc1nn(CCCCCCCCCBr)c(C)c1Br. The highest BCUT2D eigenvalue weighted by molar-refractivity contribution is 9.10. The van der Waals surface area contributed by atoms with Crippen LogP contribution in [0.2, 0.25) is 0 Å². The Kier molecular flexibility index (Phi) is 8.23. The molecule has 0 radical (unpaired) electrons. The summed E-state index contributed by atoms with van der Waals surface area (Å²) in [6.07, 6.45) is 9.39. The number of rotatable bonds is 9. The third-order valence-electron chi connectivity index (χ3n) is 3.30. The van der Waals surface area contributed by atoms with Crippen molar-refractivity contribution in [2.45, 2.75) is 65.3 Å². The third-order valence-corrected chi connectivity index (χ3v) is 5.01. The molecule has 0 fully saturated rings. The van der Waals surface area contributed by atoms with E-state index in [9.17, 15) is 0 Å². The van der Waals surface area contributed by atoms with E-state index in [1.807, 2.05) is 0 Å². The van der Waals surface area contributed by atoms with Gasteiger partial charge >= 0.3 is 0 Å². The van der Waals surface area contributed by atoms with Crippen LogP contribution in [0.15, 0.2) is 4.47 Å². The van der Waals surface area contributed by atoms with Crippen LogP contribution in [0.5, 0.6) is 0 Å². The Morgan fingerprint density at radius 2 is 1.50 bits per heavy atom. The largest absolute Gasteiger partial charge is 0.268 e. The number of nitrogens with zero attached hydrogens (tertiary/aromatic N) is 2. The fourth-order valence-corrected chi connectivity index (χ4v) is 2.81. The molecule has 104 valence electrons. The minimum Gasteiger partial charge on any atom is -0.268 e. The number of halogens is 2. The molecule has 0 spiro atoms. The molecule has 0 aliphatic rings. The van der Waals surface area contributed by atoms with Crippen LogP contribution in [0.3, 0.4) is 0 Å². The van der Waals surface area contributed by atoms with Gasteiger partial charge in [0.05, 0.1) is 10.2 Å². The quantitative estimate of drug-likeness (QED) is 0.415. The second-order valence-corrected chi connectivity index (χ2v) is 6.46. The summed E-state index contributed by atoms with van der Waals surface area (Å²) in [6, 6.07) is 0. The van der Waals surface area contributed by atoms with Crippen molar-refractivity contribution in [2.75, 3.05) is 5.33 Å². The molecule has 0 aliphatic heterocycles. The van der Waals surface area contributed by atoms with E-state index in [2.05, 4.69) is 55.5 Å². The minimum atomic E-state index is 1.06. The van der Waals surface area contributed by atoms with Crippen molar-refractivity contribution in [3.8, 4) is 0 Å². The molecule has 0 aliphatic carbocycles. The first-order chi connectivity index (χ1) is 8.66. The molecular weight excluding hydrogens is 356 g/mol. The molecule has 18 heavy (non-hydrogen) atoms. The molecule has 0 amide bonds. The molecule has 0 aromatic carbocycles. The van der Waals surface area contributed by atoms with E-state index in [4.69, 9.17) is 0 Å². The molecule has 0 bridgehead atoms. The lowest BCUT2D eigenvalue weighted by Gasteiger charge is -2.04. The maximum atomic E-state index is 4.53. The summed E-state index contributed by atoms with van der Waals surface area (Å²) in [5.41, 5.74) is 2.35. The smallest absolute Gasteiger partial charge is 0.0738 e. The van der Waals surface area contributed by atoms with Crippen LogP contribution >= 0.6 is 31.9 Å². The van der Waals surface area contributed by atoms with E-state index in [0.717, 1.165) is 22.0 Å². The number of aryl methyl sites for hydroxylation is 2. The van der Waals surface area contributed by atoms with E-state index < -0.39 is 0 Å². The van der Waals surface area contributed by atoms with Gasteiger partial charge < -0.3 is 0 Å². The molecule has 2 nitrogen and oxygen atoms in total. The van der Waals surface area contributed by atoms with Crippen LogP contribution < -0.4 is 0 Å². The normalized spacial score (nSPS) is 11.1. The van der Waals surface area contributed by atoms with Crippen molar-refractivity contribution < 1.29 is 0 Å². The summed E-state index contributed by atoms with van der Waals surface area (Å²) < 4.78 is 3.29. The highest BCUT2D eigenvalue weighted by atomic mass is 79.9. The lowest BCUT2D eigenvalue weighted by Crippen LogP contribution is -2.02. The van der Waals surface area contributed by atoms with Gasteiger partial charge in [-0.2, -0.15) is 5.10 Å². The van der Waals surface area contributed by atoms with Crippen LogP contribution in [0.25, 0.3) is 0 Å². The highest BCUT2D eigenvalue weighted by Gasteiger charge is 2.07. The molecular formula is C14H24Br2N2. The Balaban J connectivity index is 2.09. The number of aromatic nitrogens is 2. The molecule has 0 saturated carbocycles. The average Bonchev–Trinajstić information content (AvgIpc) is 2.60. The first kappa shape index (κ1) is 16.2. The van der Waals surface area contributed by atoms with Crippen LogP contribution in [0, 0.1) is 13.8 Å². The van der Waals surface area contributed by atoms with E-state index in [-0.39, 0.29) is 0 Å². The van der Waals surface area contributed by atoms with Gasteiger partial charge in [-0.1, -0.05) is 48.0 Å². The highest BCUT2D eigenvalue weighted by Crippen LogP contribution is 2.20. The number of unbranched alkanes of at least 4 members (excludes halogenated alkanes) is 6. The number of alkyl halides is 1. The van der Waals surface area contributed by atoms with Crippen molar-refractivity contribution in [3.05, 3.63) is 15.9 Å². The standard InChI is InChI=1S/C14H24Br2N2/c1-12-14(16)13(2)18(17-12)11-9-7-5-3-4-6-8-10-15/h3-11H2,1-2H3. The van der Waals surface area contributed by atoms with Crippen molar-refractivity contribution in [1.82, 2.24) is 9.78 Å².